The quantitative estimate of drug-likeness (QED) is 0.868. The summed E-state index contributed by atoms with van der Waals surface area (Å²) in [5, 5.41) is 0. The second-order valence-electron chi connectivity index (χ2n) is 4.47. The highest BCUT2D eigenvalue weighted by molar-refractivity contribution is 5.21. The van der Waals surface area contributed by atoms with Crippen molar-refractivity contribution in [3.05, 3.63) is 35.6 Å². The van der Waals surface area contributed by atoms with Gasteiger partial charge in [0.2, 0.25) is 0 Å². The average Bonchev–Trinajstić information content (AvgIpc) is 2.33. The number of morpholine rings is 1. The molecule has 0 amide bonds. The lowest BCUT2D eigenvalue weighted by Crippen LogP contribution is -2.47. The van der Waals surface area contributed by atoms with Crippen LogP contribution in [0.3, 0.4) is 0 Å². The standard InChI is InChI=1S/C13H19FN2O/c1-10-9-17-6-5-16(10)13(8-15)11-3-2-4-12(14)7-11/h2-4,7,10,13H,5-6,8-9,15H2,1H3. The fourth-order valence-corrected chi connectivity index (χ4v) is 2.38. The molecule has 0 aromatic heterocycles. The molecule has 0 saturated carbocycles. The Labute approximate surface area is 101 Å². The molecule has 1 fully saturated rings. The number of rotatable bonds is 3. The second kappa shape index (κ2) is 5.58. The van der Waals surface area contributed by atoms with Crippen molar-refractivity contribution in [2.75, 3.05) is 26.3 Å². The summed E-state index contributed by atoms with van der Waals surface area (Å²) in [6.07, 6.45) is 0. The summed E-state index contributed by atoms with van der Waals surface area (Å²) in [5.41, 5.74) is 6.79. The van der Waals surface area contributed by atoms with Crippen molar-refractivity contribution in [1.29, 1.82) is 0 Å². The molecule has 1 aromatic carbocycles. The van der Waals surface area contributed by atoms with Crippen molar-refractivity contribution in [2.45, 2.75) is 19.0 Å². The van der Waals surface area contributed by atoms with Gasteiger partial charge in [-0.1, -0.05) is 12.1 Å². The summed E-state index contributed by atoms with van der Waals surface area (Å²) in [7, 11) is 0. The zero-order valence-corrected chi connectivity index (χ0v) is 10.1. The highest BCUT2D eigenvalue weighted by atomic mass is 19.1. The van der Waals surface area contributed by atoms with Gasteiger partial charge in [-0.25, -0.2) is 4.39 Å². The molecule has 4 heteroatoms. The molecule has 1 aromatic rings. The maximum absolute atomic E-state index is 13.2. The van der Waals surface area contributed by atoms with Crippen LogP contribution in [0.15, 0.2) is 24.3 Å². The van der Waals surface area contributed by atoms with E-state index in [1.807, 2.05) is 6.07 Å². The van der Waals surface area contributed by atoms with Crippen molar-refractivity contribution >= 4 is 0 Å². The van der Waals surface area contributed by atoms with Crippen LogP contribution in [-0.2, 0) is 4.74 Å². The molecule has 1 aliphatic heterocycles. The Morgan fingerprint density at radius 1 is 1.59 bits per heavy atom. The molecule has 0 spiro atoms. The number of hydrogen-bond donors (Lipinski definition) is 1. The number of ether oxygens (including phenoxy) is 1. The molecule has 17 heavy (non-hydrogen) atoms. The van der Waals surface area contributed by atoms with E-state index in [1.54, 1.807) is 12.1 Å². The van der Waals surface area contributed by atoms with Crippen LogP contribution in [0.25, 0.3) is 0 Å². The molecule has 2 atom stereocenters. The first-order chi connectivity index (χ1) is 8.22. The van der Waals surface area contributed by atoms with E-state index in [0.29, 0.717) is 19.2 Å². The molecule has 0 aliphatic carbocycles. The maximum atomic E-state index is 13.2. The first kappa shape index (κ1) is 12.5. The highest BCUT2D eigenvalue weighted by Crippen LogP contribution is 2.24. The van der Waals surface area contributed by atoms with Crippen LogP contribution in [0.1, 0.15) is 18.5 Å². The van der Waals surface area contributed by atoms with Crippen molar-refractivity contribution in [3.8, 4) is 0 Å². The molecule has 0 bridgehead atoms. The fourth-order valence-electron chi connectivity index (χ4n) is 2.38. The summed E-state index contributed by atoms with van der Waals surface area (Å²) < 4.78 is 18.7. The van der Waals surface area contributed by atoms with E-state index in [-0.39, 0.29) is 11.9 Å². The SMILES string of the molecule is CC1COCCN1C(CN)c1cccc(F)c1. The number of halogens is 1. The summed E-state index contributed by atoms with van der Waals surface area (Å²) in [6.45, 7) is 4.89. The predicted octanol–water partition coefficient (Wildman–Crippen LogP) is 1.55. The number of nitrogens with two attached hydrogens (primary N) is 1. The zero-order chi connectivity index (χ0) is 12.3. The lowest BCUT2D eigenvalue weighted by atomic mass is 10.0. The molecule has 2 N–H and O–H groups in total. The van der Waals surface area contributed by atoms with Gasteiger partial charge in [-0.3, -0.25) is 4.90 Å². The lowest BCUT2D eigenvalue weighted by Gasteiger charge is -2.39. The first-order valence-corrected chi connectivity index (χ1v) is 6.01. The zero-order valence-electron chi connectivity index (χ0n) is 10.1. The molecule has 1 aliphatic rings. The van der Waals surface area contributed by atoms with Crippen LogP contribution in [0, 0.1) is 5.82 Å². The Kier molecular flexibility index (Phi) is 4.10. The third-order valence-corrected chi connectivity index (χ3v) is 3.28. The monoisotopic (exact) mass is 238 g/mol. The van der Waals surface area contributed by atoms with Crippen molar-refractivity contribution in [1.82, 2.24) is 4.90 Å². The molecule has 94 valence electrons. The Bertz CT molecular complexity index is 372. The van der Waals surface area contributed by atoms with Gasteiger partial charge in [-0.15, -0.1) is 0 Å². The fraction of sp³-hybridized carbons (Fsp3) is 0.538. The van der Waals surface area contributed by atoms with Gasteiger partial charge in [-0.05, 0) is 24.6 Å². The van der Waals surface area contributed by atoms with Crippen LogP contribution < -0.4 is 5.73 Å². The van der Waals surface area contributed by atoms with Gasteiger partial charge in [0, 0.05) is 25.2 Å². The first-order valence-electron chi connectivity index (χ1n) is 6.01. The van der Waals surface area contributed by atoms with Gasteiger partial charge < -0.3 is 10.5 Å². The molecular weight excluding hydrogens is 219 g/mol. The topological polar surface area (TPSA) is 38.5 Å². The molecule has 3 nitrogen and oxygen atoms in total. The highest BCUT2D eigenvalue weighted by Gasteiger charge is 2.26. The van der Waals surface area contributed by atoms with E-state index in [0.717, 1.165) is 18.7 Å². The third-order valence-electron chi connectivity index (χ3n) is 3.28. The van der Waals surface area contributed by atoms with E-state index in [9.17, 15) is 4.39 Å². The summed E-state index contributed by atoms with van der Waals surface area (Å²) in [6, 6.07) is 7.09. The maximum Gasteiger partial charge on any atom is 0.123 e. The van der Waals surface area contributed by atoms with E-state index >= 15 is 0 Å². The summed E-state index contributed by atoms with van der Waals surface area (Å²) in [4.78, 5) is 2.29. The number of hydrogen-bond acceptors (Lipinski definition) is 3. The Hall–Kier alpha value is -0.970. The van der Waals surface area contributed by atoms with E-state index < -0.39 is 0 Å². The van der Waals surface area contributed by atoms with Crippen molar-refractivity contribution in [2.24, 2.45) is 5.73 Å². The molecule has 0 radical (unpaired) electrons. The predicted molar refractivity (Wildman–Crippen MR) is 65.2 cm³/mol. The summed E-state index contributed by atoms with van der Waals surface area (Å²) in [5.74, 6) is -0.207. The smallest absolute Gasteiger partial charge is 0.123 e. The molecule has 2 rings (SSSR count). The van der Waals surface area contributed by atoms with Crippen molar-refractivity contribution < 1.29 is 9.13 Å². The van der Waals surface area contributed by atoms with Gasteiger partial charge in [0.25, 0.3) is 0 Å². The van der Waals surface area contributed by atoms with Crippen molar-refractivity contribution in [3.63, 3.8) is 0 Å². The number of nitrogens with zero attached hydrogens (tertiary/aromatic N) is 1. The van der Waals surface area contributed by atoms with Crippen LogP contribution in [0.2, 0.25) is 0 Å². The van der Waals surface area contributed by atoms with Gasteiger partial charge >= 0.3 is 0 Å². The summed E-state index contributed by atoms with van der Waals surface area (Å²) >= 11 is 0. The lowest BCUT2D eigenvalue weighted by molar-refractivity contribution is -0.0209. The minimum Gasteiger partial charge on any atom is -0.379 e. The van der Waals surface area contributed by atoms with Gasteiger partial charge in [0.15, 0.2) is 0 Å². The van der Waals surface area contributed by atoms with E-state index in [1.165, 1.54) is 6.07 Å². The van der Waals surface area contributed by atoms with E-state index in [4.69, 9.17) is 10.5 Å². The second-order valence-corrected chi connectivity index (χ2v) is 4.47. The largest absolute Gasteiger partial charge is 0.379 e. The van der Waals surface area contributed by atoms with Gasteiger partial charge in [0.1, 0.15) is 5.82 Å². The van der Waals surface area contributed by atoms with Crippen LogP contribution in [0.5, 0.6) is 0 Å². The van der Waals surface area contributed by atoms with E-state index in [2.05, 4.69) is 11.8 Å². The minimum atomic E-state index is -0.207. The third kappa shape index (κ3) is 2.83. The van der Waals surface area contributed by atoms with Crippen LogP contribution in [-0.4, -0.2) is 37.2 Å². The molecular formula is C13H19FN2O. The molecule has 1 saturated heterocycles. The Morgan fingerprint density at radius 3 is 3.06 bits per heavy atom. The molecule has 2 unspecified atom stereocenters. The Balaban J connectivity index is 2.20. The normalized spacial score (nSPS) is 23.6. The Morgan fingerprint density at radius 2 is 2.41 bits per heavy atom. The van der Waals surface area contributed by atoms with Gasteiger partial charge in [0.05, 0.1) is 13.2 Å². The van der Waals surface area contributed by atoms with Gasteiger partial charge in [-0.2, -0.15) is 0 Å². The van der Waals surface area contributed by atoms with Crippen LogP contribution >= 0.6 is 0 Å². The minimum absolute atomic E-state index is 0.0737. The molecule has 1 heterocycles. The van der Waals surface area contributed by atoms with Crippen LogP contribution in [0.4, 0.5) is 4.39 Å². The average molecular weight is 238 g/mol. The number of benzene rings is 1.